The summed E-state index contributed by atoms with van der Waals surface area (Å²) in [6.07, 6.45) is 1.14. The molecular weight excluding hydrogens is 424 g/mol. The molecule has 4 nitrogen and oxygen atoms in total. The molecule has 172 valence electrons. The maximum atomic E-state index is 6.88. The van der Waals surface area contributed by atoms with Crippen LogP contribution in [0, 0.1) is 5.92 Å². The molecule has 3 aromatic rings. The first-order valence-corrected chi connectivity index (χ1v) is 14.4. The fourth-order valence-electron chi connectivity index (χ4n) is 5.27. The van der Waals surface area contributed by atoms with Crippen LogP contribution in [0.5, 0.6) is 0 Å². The van der Waals surface area contributed by atoms with Gasteiger partial charge in [0.2, 0.25) is 0 Å². The molecule has 1 spiro atoms. The van der Waals surface area contributed by atoms with Crippen molar-refractivity contribution in [3.63, 3.8) is 0 Å². The summed E-state index contributed by atoms with van der Waals surface area (Å²) in [7, 11) is -2.33. The Bertz CT molecular complexity index is 1000. The van der Waals surface area contributed by atoms with Gasteiger partial charge in [0.05, 0.1) is 0 Å². The number of nitrogens with one attached hydrogen (secondary N) is 2. The van der Waals surface area contributed by atoms with Gasteiger partial charge in [0.25, 0.3) is 0 Å². The summed E-state index contributed by atoms with van der Waals surface area (Å²) in [5.41, 5.74) is 3.90. The van der Waals surface area contributed by atoms with Gasteiger partial charge in [-0.3, -0.25) is 10.6 Å². The first-order chi connectivity index (χ1) is 16.2. The highest BCUT2D eigenvalue weighted by Gasteiger charge is 2.58. The van der Waals surface area contributed by atoms with E-state index in [0.717, 1.165) is 31.6 Å². The molecular formula is C28H34N2O2Si. The van der Waals surface area contributed by atoms with E-state index in [9.17, 15) is 0 Å². The van der Waals surface area contributed by atoms with E-state index in [4.69, 9.17) is 8.85 Å². The lowest BCUT2D eigenvalue weighted by atomic mass is 9.99. The van der Waals surface area contributed by atoms with Crippen molar-refractivity contribution in [1.82, 2.24) is 10.6 Å². The number of hydrogen-bond acceptors (Lipinski definition) is 4. The fraction of sp³-hybridized carbons (Fsp3) is 0.357. The third kappa shape index (κ3) is 5.29. The Morgan fingerprint density at radius 2 is 1.21 bits per heavy atom. The van der Waals surface area contributed by atoms with E-state index in [-0.39, 0.29) is 12.5 Å². The third-order valence-corrected chi connectivity index (χ3v) is 10.6. The van der Waals surface area contributed by atoms with Gasteiger partial charge in [0.15, 0.2) is 0 Å². The van der Waals surface area contributed by atoms with Gasteiger partial charge in [-0.25, -0.2) is 0 Å². The van der Waals surface area contributed by atoms with E-state index in [1.54, 1.807) is 0 Å². The Morgan fingerprint density at radius 1 is 0.697 bits per heavy atom. The van der Waals surface area contributed by atoms with E-state index in [0.29, 0.717) is 11.8 Å². The molecule has 2 N–H and O–H groups in total. The maximum Gasteiger partial charge on any atom is 0.341 e. The highest BCUT2D eigenvalue weighted by molar-refractivity contribution is 6.69. The Balaban J connectivity index is 1.31. The molecule has 2 heterocycles. The number of rotatable bonds is 8. The molecule has 5 atom stereocenters. The Labute approximate surface area is 198 Å². The highest BCUT2D eigenvalue weighted by Crippen LogP contribution is 2.48. The van der Waals surface area contributed by atoms with Crippen molar-refractivity contribution in [1.29, 1.82) is 0 Å². The lowest BCUT2D eigenvalue weighted by Gasteiger charge is -2.24. The number of hydrogen-bond donors (Lipinski definition) is 2. The second-order valence-electron chi connectivity index (χ2n) is 9.31. The maximum absolute atomic E-state index is 6.88. The zero-order valence-electron chi connectivity index (χ0n) is 19.3. The summed E-state index contributed by atoms with van der Waals surface area (Å²) >= 11 is 0. The van der Waals surface area contributed by atoms with Crippen molar-refractivity contribution in [3.8, 4) is 0 Å². The zero-order chi connectivity index (χ0) is 22.5. The van der Waals surface area contributed by atoms with Crippen molar-refractivity contribution < 1.29 is 8.85 Å². The molecule has 0 saturated carbocycles. The van der Waals surface area contributed by atoms with E-state index >= 15 is 0 Å². The van der Waals surface area contributed by atoms with Gasteiger partial charge in [-0.2, -0.15) is 0 Å². The van der Waals surface area contributed by atoms with Crippen LogP contribution in [0.3, 0.4) is 0 Å². The quantitative estimate of drug-likeness (QED) is 0.436. The lowest BCUT2D eigenvalue weighted by molar-refractivity contribution is 0.0791. The topological polar surface area (TPSA) is 42.5 Å². The summed E-state index contributed by atoms with van der Waals surface area (Å²) in [5.74, 6) is 0.802. The van der Waals surface area contributed by atoms with Gasteiger partial charge in [-0.05, 0) is 35.1 Å². The first kappa shape index (κ1) is 22.5. The Hall–Kier alpha value is -2.28. The highest BCUT2D eigenvalue weighted by atomic mass is 28.4. The van der Waals surface area contributed by atoms with Crippen LogP contribution in [0.25, 0.3) is 0 Å². The van der Waals surface area contributed by atoms with Crippen LogP contribution in [0.2, 0.25) is 12.1 Å². The van der Waals surface area contributed by atoms with Gasteiger partial charge < -0.3 is 8.85 Å². The van der Waals surface area contributed by atoms with Crippen LogP contribution in [0.4, 0.5) is 0 Å². The summed E-state index contributed by atoms with van der Waals surface area (Å²) in [6, 6.07) is 34.0. The zero-order valence-corrected chi connectivity index (χ0v) is 20.3. The van der Waals surface area contributed by atoms with Gasteiger partial charge in [-0.1, -0.05) is 97.9 Å². The van der Waals surface area contributed by atoms with Crippen molar-refractivity contribution >= 4 is 8.56 Å². The van der Waals surface area contributed by atoms with E-state index in [1.807, 2.05) is 0 Å². The fourth-order valence-corrected chi connectivity index (χ4v) is 9.74. The average molecular weight is 459 g/mol. The predicted molar refractivity (Wildman–Crippen MR) is 135 cm³/mol. The van der Waals surface area contributed by atoms with Gasteiger partial charge in [0, 0.05) is 25.1 Å². The van der Waals surface area contributed by atoms with Crippen LogP contribution in [-0.2, 0) is 21.9 Å². The number of benzene rings is 3. The predicted octanol–water partition coefficient (Wildman–Crippen LogP) is 5.53. The summed E-state index contributed by atoms with van der Waals surface area (Å²) in [5, 5.41) is 7.40. The van der Waals surface area contributed by atoms with Crippen LogP contribution in [-0.4, -0.2) is 21.0 Å². The molecule has 0 aromatic heterocycles. The standard InChI is InChI=1S/C28H34N2O2Si/c1-2-24-20-33(31-27(24)29-18-22-12-6-3-7-13-22)21-26(25-16-10-5-11-17-25)28(32-33)30-19-23-14-8-4-9-15-23/h3-17,24,26-30H,2,18-21H2,1H3/t24-,26?,27?,28?,33?/m1/s1. The molecule has 2 fully saturated rings. The molecule has 2 aliphatic heterocycles. The molecule has 2 aliphatic rings. The minimum Gasteiger partial charge on any atom is -0.378 e. The minimum atomic E-state index is -2.33. The van der Waals surface area contributed by atoms with Gasteiger partial charge in [-0.15, -0.1) is 0 Å². The van der Waals surface area contributed by atoms with Gasteiger partial charge >= 0.3 is 8.56 Å². The second-order valence-corrected chi connectivity index (χ2v) is 12.4. The molecule has 0 bridgehead atoms. The van der Waals surface area contributed by atoms with E-state index in [1.165, 1.54) is 16.7 Å². The van der Waals surface area contributed by atoms with E-state index in [2.05, 4.69) is 109 Å². The monoisotopic (exact) mass is 458 g/mol. The molecule has 0 radical (unpaired) electrons. The largest absolute Gasteiger partial charge is 0.378 e. The molecule has 5 rings (SSSR count). The molecule has 3 aromatic carbocycles. The van der Waals surface area contributed by atoms with E-state index < -0.39 is 8.56 Å². The normalized spacial score (nSPS) is 29.0. The molecule has 33 heavy (non-hydrogen) atoms. The van der Waals surface area contributed by atoms with Crippen molar-refractivity contribution in [2.75, 3.05) is 0 Å². The molecule has 5 heteroatoms. The van der Waals surface area contributed by atoms with Crippen molar-refractivity contribution in [3.05, 3.63) is 108 Å². The smallest absolute Gasteiger partial charge is 0.341 e. The third-order valence-electron chi connectivity index (χ3n) is 7.03. The first-order valence-electron chi connectivity index (χ1n) is 12.2. The SMILES string of the molecule is CC[C@@H]1C[Si]2(CC(c3ccccc3)C(NCc3ccccc3)O2)OC1NCc1ccccc1. The Kier molecular flexibility index (Phi) is 7.04. The van der Waals surface area contributed by atoms with Crippen LogP contribution in [0.15, 0.2) is 91.0 Å². The van der Waals surface area contributed by atoms with Gasteiger partial charge in [0.1, 0.15) is 12.5 Å². The Morgan fingerprint density at radius 3 is 1.79 bits per heavy atom. The summed E-state index contributed by atoms with van der Waals surface area (Å²) in [4.78, 5) is 0. The molecule has 2 saturated heterocycles. The summed E-state index contributed by atoms with van der Waals surface area (Å²) in [6.45, 7) is 3.89. The minimum absolute atomic E-state index is 0.0235. The lowest BCUT2D eigenvalue weighted by Crippen LogP contribution is -2.41. The molecule has 0 amide bonds. The van der Waals surface area contributed by atoms with Crippen LogP contribution < -0.4 is 10.6 Å². The van der Waals surface area contributed by atoms with Crippen LogP contribution in [0.1, 0.15) is 36.0 Å². The van der Waals surface area contributed by atoms with Crippen molar-refractivity contribution in [2.24, 2.45) is 5.92 Å². The second kappa shape index (κ2) is 10.3. The summed E-state index contributed by atoms with van der Waals surface area (Å²) < 4.78 is 13.7. The average Bonchev–Trinajstić information content (AvgIpc) is 3.42. The molecule has 0 aliphatic carbocycles. The van der Waals surface area contributed by atoms with Crippen LogP contribution >= 0.6 is 0 Å². The van der Waals surface area contributed by atoms with Crippen molar-refractivity contribution in [2.45, 2.75) is 56.9 Å². The molecule has 4 unspecified atom stereocenters.